The van der Waals surface area contributed by atoms with Gasteiger partial charge in [0.25, 0.3) is 5.91 Å². The number of hydrogen-bond donors (Lipinski definition) is 1. The second-order valence-corrected chi connectivity index (χ2v) is 6.39. The molecule has 0 aliphatic heterocycles. The molecule has 2 aromatic carbocycles. The Balaban J connectivity index is 2.03. The smallest absolute Gasteiger partial charge is 0.261 e. The van der Waals surface area contributed by atoms with Crippen LogP contribution < -0.4 is 5.32 Å². The van der Waals surface area contributed by atoms with Gasteiger partial charge in [-0.25, -0.2) is 4.39 Å². The van der Waals surface area contributed by atoms with Gasteiger partial charge in [0, 0.05) is 5.02 Å². The molecule has 3 rings (SSSR count). The van der Waals surface area contributed by atoms with Gasteiger partial charge < -0.3 is 9.84 Å². The summed E-state index contributed by atoms with van der Waals surface area (Å²) in [4.78, 5) is 12.7. The molecule has 0 saturated heterocycles. The van der Waals surface area contributed by atoms with Crippen LogP contribution in [0.1, 0.15) is 16.1 Å². The lowest BCUT2D eigenvalue weighted by molar-refractivity contribution is 0.102. The average Bonchev–Trinajstić information content (AvgIpc) is 2.91. The number of halogens is 4. The number of nitrogens with zero attached hydrogens (tertiary/aromatic N) is 1. The summed E-state index contributed by atoms with van der Waals surface area (Å²) in [6.07, 6.45) is 0. The van der Waals surface area contributed by atoms with Gasteiger partial charge in [0.05, 0.1) is 21.3 Å². The lowest BCUT2D eigenvalue weighted by Crippen LogP contribution is -2.14. The number of nitrogens with one attached hydrogen (secondary N) is 1. The molecule has 0 spiro atoms. The summed E-state index contributed by atoms with van der Waals surface area (Å²) in [5.74, 6) is -0.950. The predicted octanol–water partition coefficient (Wildman–Crippen LogP) is 6.00. The first kappa shape index (κ1) is 17.7. The SMILES string of the molecule is Cc1onc(-c2c(F)cccc2Cl)c1C(=O)Nc1ccc(Cl)cc1Cl. The van der Waals surface area contributed by atoms with Crippen molar-refractivity contribution in [3.63, 3.8) is 0 Å². The maximum Gasteiger partial charge on any atom is 0.261 e. The van der Waals surface area contributed by atoms with E-state index in [1.807, 2.05) is 0 Å². The number of amides is 1. The molecule has 128 valence electrons. The van der Waals surface area contributed by atoms with Gasteiger partial charge in [0.2, 0.25) is 0 Å². The zero-order valence-corrected chi connectivity index (χ0v) is 15.0. The van der Waals surface area contributed by atoms with Crippen LogP contribution in [0.3, 0.4) is 0 Å². The topological polar surface area (TPSA) is 55.1 Å². The van der Waals surface area contributed by atoms with E-state index in [2.05, 4.69) is 10.5 Å². The molecule has 0 fully saturated rings. The van der Waals surface area contributed by atoms with E-state index >= 15 is 0 Å². The summed E-state index contributed by atoms with van der Waals surface area (Å²) < 4.78 is 19.3. The molecule has 0 aliphatic rings. The highest BCUT2D eigenvalue weighted by Crippen LogP contribution is 2.34. The highest BCUT2D eigenvalue weighted by Gasteiger charge is 2.25. The van der Waals surface area contributed by atoms with E-state index in [4.69, 9.17) is 39.3 Å². The Morgan fingerprint density at radius 1 is 1.16 bits per heavy atom. The fourth-order valence-electron chi connectivity index (χ4n) is 2.31. The summed E-state index contributed by atoms with van der Waals surface area (Å²) in [5.41, 5.74) is 0.428. The minimum absolute atomic E-state index is 0.00614. The van der Waals surface area contributed by atoms with Crippen LogP contribution >= 0.6 is 34.8 Å². The van der Waals surface area contributed by atoms with Crippen LogP contribution in [0.15, 0.2) is 40.9 Å². The van der Waals surface area contributed by atoms with Gasteiger partial charge in [-0.1, -0.05) is 46.0 Å². The number of rotatable bonds is 3. The molecule has 1 N–H and O–H groups in total. The van der Waals surface area contributed by atoms with Gasteiger partial charge in [-0.2, -0.15) is 0 Å². The fourth-order valence-corrected chi connectivity index (χ4v) is 3.02. The van der Waals surface area contributed by atoms with Crippen LogP contribution in [-0.2, 0) is 0 Å². The molecule has 0 aliphatic carbocycles. The minimum Gasteiger partial charge on any atom is -0.360 e. The highest BCUT2D eigenvalue weighted by molar-refractivity contribution is 6.37. The maximum atomic E-state index is 14.2. The third-order valence-electron chi connectivity index (χ3n) is 3.47. The number of benzene rings is 2. The molecule has 3 aromatic rings. The summed E-state index contributed by atoms with van der Waals surface area (Å²) in [6.45, 7) is 1.55. The molecule has 8 heteroatoms. The molecule has 0 radical (unpaired) electrons. The first-order valence-electron chi connectivity index (χ1n) is 7.05. The van der Waals surface area contributed by atoms with Crippen molar-refractivity contribution in [1.82, 2.24) is 5.16 Å². The predicted molar refractivity (Wildman–Crippen MR) is 96.1 cm³/mol. The Kier molecular flexibility index (Phi) is 4.99. The summed E-state index contributed by atoms with van der Waals surface area (Å²) in [6, 6.07) is 8.82. The maximum absolute atomic E-state index is 14.2. The van der Waals surface area contributed by atoms with Crippen molar-refractivity contribution in [3.05, 3.63) is 68.6 Å². The Morgan fingerprint density at radius 2 is 1.92 bits per heavy atom. The lowest BCUT2D eigenvalue weighted by atomic mass is 10.0. The number of aryl methyl sites for hydroxylation is 1. The molecule has 0 saturated carbocycles. The average molecular weight is 400 g/mol. The van der Waals surface area contributed by atoms with Crippen molar-refractivity contribution in [2.45, 2.75) is 6.92 Å². The van der Waals surface area contributed by atoms with Crippen LogP contribution in [0.4, 0.5) is 10.1 Å². The number of aromatic nitrogens is 1. The largest absolute Gasteiger partial charge is 0.360 e. The molecular weight excluding hydrogens is 390 g/mol. The van der Waals surface area contributed by atoms with Crippen molar-refractivity contribution in [1.29, 1.82) is 0 Å². The normalized spacial score (nSPS) is 10.8. The molecule has 25 heavy (non-hydrogen) atoms. The van der Waals surface area contributed by atoms with Crippen LogP contribution in [0.5, 0.6) is 0 Å². The number of anilines is 1. The van der Waals surface area contributed by atoms with Crippen LogP contribution in [0.25, 0.3) is 11.3 Å². The highest BCUT2D eigenvalue weighted by atomic mass is 35.5. The van der Waals surface area contributed by atoms with E-state index in [9.17, 15) is 9.18 Å². The van der Waals surface area contributed by atoms with Gasteiger partial charge in [-0.3, -0.25) is 4.79 Å². The van der Waals surface area contributed by atoms with E-state index in [1.165, 1.54) is 24.3 Å². The summed E-state index contributed by atoms with van der Waals surface area (Å²) in [7, 11) is 0. The Bertz CT molecular complexity index is 952. The minimum atomic E-state index is -0.612. The standard InChI is InChI=1S/C17H10Cl3FN2O2/c1-8-14(17(24)22-13-6-5-9(18)7-11(13)20)16(23-25-8)15-10(19)3-2-4-12(15)21/h2-7H,1H3,(H,22,24). The van der Waals surface area contributed by atoms with E-state index in [0.29, 0.717) is 10.7 Å². The molecule has 0 atom stereocenters. The molecule has 1 amide bonds. The van der Waals surface area contributed by atoms with Crippen LogP contribution in [0.2, 0.25) is 15.1 Å². The first-order valence-corrected chi connectivity index (χ1v) is 8.19. The molecule has 1 heterocycles. The fraction of sp³-hybridized carbons (Fsp3) is 0.0588. The number of carbonyl (C=O) groups excluding carboxylic acids is 1. The van der Waals surface area contributed by atoms with Gasteiger partial charge in [-0.15, -0.1) is 0 Å². The monoisotopic (exact) mass is 398 g/mol. The van der Waals surface area contributed by atoms with Crippen molar-refractivity contribution in [2.24, 2.45) is 0 Å². The summed E-state index contributed by atoms with van der Waals surface area (Å²) in [5, 5.41) is 7.24. The van der Waals surface area contributed by atoms with Gasteiger partial charge in [0.15, 0.2) is 0 Å². The van der Waals surface area contributed by atoms with Crippen molar-refractivity contribution >= 4 is 46.4 Å². The summed E-state index contributed by atoms with van der Waals surface area (Å²) >= 11 is 18.0. The number of carbonyl (C=O) groups is 1. The Morgan fingerprint density at radius 3 is 2.60 bits per heavy atom. The molecule has 1 aromatic heterocycles. The van der Waals surface area contributed by atoms with Crippen molar-refractivity contribution < 1.29 is 13.7 Å². The van der Waals surface area contributed by atoms with E-state index < -0.39 is 11.7 Å². The van der Waals surface area contributed by atoms with Gasteiger partial charge in [0.1, 0.15) is 22.8 Å². The van der Waals surface area contributed by atoms with Crippen LogP contribution in [0, 0.1) is 12.7 Å². The zero-order chi connectivity index (χ0) is 18.1. The second kappa shape index (κ2) is 7.04. The van der Waals surface area contributed by atoms with Crippen molar-refractivity contribution in [2.75, 3.05) is 5.32 Å². The van der Waals surface area contributed by atoms with Gasteiger partial charge >= 0.3 is 0 Å². The Hall–Kier alpha value is -2.08. The molecule has 4 nitrogen and oxygen atoms in total. The van der Waals surface area contributed by atoms with E-state index in [-0.39, 0.29) is 32.6 Å². The third-order valence-corrected chi connectivity index (χ3v) is 4.33. The molecular formula is C17H10Cl3FN2O2. The van der Waals surface area contributed by atoms with Crippen molar-refractivity contribution in [3.8, 4) is 11.3 Å². The zero-order valence-electron chi connectivity index (χ0n) is 12.7. The van der Waals surface area contributed by atoms with E-state index in [0.717, 1.165) is 0 Å². The third kappa shape index (κ3) is 3.49. The molecule has 0 bridgehead atoms. The number of hydrogen-bond acceptors (Lipinski definition) is 3. The molecule has 0 unspecified atom stereocenters. The second-order valence-electron chi connectivity index (χ2n) is 5.14. The quantitative estimate of drug-likeness (QED) is 0.587. The van der Waals surface area contributed by atoms with E-state index in [1.54, 1.807) is 19.1 Å². The Labute approximate surface area is 157 Å². The van der Waals surface area contributed by atoms with Crippen LogP contribution in [-0.4, -0.2) is 11.1 Å². The lowest BCUT2D eigenvalue weighted by Gasteiger charge is -2.09. The first-order chi connectivity index (χ1) is 11.9. The van der Waals surface area contributed by atoms with Gasteiger partial charge in [-0.05, 0) is 37.3 Å².